The van der Waals surface area contributed by atoms with Crippen LogP contribution in [0.1, 0.15) is 51.4 Å². The largest absolute Gasteiger partial charge is 0.315 e. The van der Waals surface area contributed by atoms with Gasteiger partial charge in [0, 0.05) is 26.2 Å². The third kappa shape index (κ3) is 3.96. The zero-order valence-corrected chi connectivity index (χ0v) is 13.2. The van der Waals surface area contributed by atoms with Crippen molar-refractivity contribution in [2.75, 3.05) is 52.4 Å². The predicted octanol–water partition coefficient (Wildman–Crippen LogP) is 2.33. The second kappa shape index (κ2) is 7.24. The summed E-state index contributed by atoms with van der Waals surface area (Å²) in [7, 11) is 0. The first-order valence-corrected chi connectivity index (χ1v) is 9.02. The lowest BCUT2D eigenvalue weighted by molar-refractivity contribution is 0.0625. The lowest BCUT2D eigenvalue weighted by Gasteiger charge is -2.44. The van der Waals surface area contributed by atoms with Gasteiger partial charge in [-0.15, -0.1) is 0 Å². The van der Waals surface area contributed by atoms with Gasteiger partial charge in [-0.3, -0.25) is 0 Å². The van der Waals surface area contributed by atoms with Gasteiger partial charge in [0.1, 0.15) is 0 Å². The molecule has 0 unspecified atom stereocenters. The molecule has 1 saturated carbocycles. The van der Waals surface area contributed by atoms with Crippen LogP contribution in [0, 0.1) is 5.41 Å². The van der Waals surface area contributed by atoms with E-state index in [0.29, 0.717) is 0 Å². The van der Waals surface area contributed by atoms with Gasteiger partial charge in [0.05, 0.1) is 0 Å². The van der Waals surface area contributed by atoms with E-state index in [4.69, 9.17) is 0 Å². The fourth-order valence-electron chi connectivity index (χ4n) is 4.46. The van der Waals surface area contributed by atoms with E-state index >= 15 is 0 Å². The van der Waals surface area contributed by atoms with Crippen LogP contribution in [0.3, 0.4) is 0 Å². The predicted molar refractivity (Wildman–Crippen MR) is 85.1 cm³/mol. The molecule has 0 amide bonds. The van der Waals surface area contributed by atoms with Crippen LogP contribution in [-0.4, -0.2) is 62.2 Å². The summed E-state index contributed by atoms with van der Waals surface area (Å²) in [6.45, 7) is 10.3. The molecule has 1 spiro atoms. The highest BCUT2D eigenvalue weighted by molar-refractivity contribution is 4.88. The number of nitrogens with zero attached hydrogens (tertiary/aromatic N) is 2. The molecule has 0 radical (unpaired) electrons. The van der Waals surface area contributed by atoms with Crippen molar-refractivity contribution in [1.82, 2.24) is 15.1 Å². The highest BCUT2D eigenvalue weighted by Crippen LogP contribution is 2.44. The molecule has 3 rings (SSSR count). The lowest BCUT2D eigenvalue weighted by Crippen LogP contribution is -2.44. The SMILES string of the molecule is C1CCC2(CC1)CCN(CCN1CCCNCC1)CC2. The van der Waals surface area contributed by atoms with E-state index in [0.717, 1.165) is 5.41 Å². The van der Waals surface area contributed by atoms with Crippen molar-refractivity contribution < 1.29 is 0 Å². The average molecular weight is 279 g/mol. The van der Waals surface area contributed by atoms with Gasteiger partial charge in [0.15, 0.2) is 0 Å². The number of likely N-dealkylation sites (tertiary alicyclic amines) is 1. The fraction of sp³-hybridized carbons (Fsp3) is 1.00. The summed E-state index contributed by atoms with van der Waals surface area (Å²) in [5, 5.41) is 3.50. The molecule has 1 N–H and O–H groups in total. The van der Waals surface area contributed by atoms with Gasteiger partial charge in [-0.2, -0.15) is 0 Å². The molecule has 20 heavy (non-hydrogen) atoms. The quantitative estimate of drug-likeness (QED) is 0.855. The van der Waals surface area contributed by atoms with E-state index < -0.39 is 0 Å². The molecule has 0 atom stereocenters. The molecule has 2 aliphatic heterocycles. The highest BCUT2D eigenvalue weighted by atomic mass is 15.2. The van der Waals surface area contributed by atoms with E-state index in [1.165, 1.54) is 104 Å². The minimum absolute atomic E-state index is 0.765. The molecule has 1 aliphatic carbocycles. The Labute approximate surface area is 125 Å². The molecule has 0 bridgehead atoms. The van der Waals surface area contributed by atoms with Crippen molar-refractivity contribution in [2.24, 2.45) is 5.41 Å². The number of nitrogens with one attached hydrogen (secondary N) is 1. The second-order valence-corrected chi connectivity index (χ2v) is 7.35. The van der Waals surface area contributed by atoms with Gasteiger partial charge >= 0.3 is 0 Å². The Morgan fingerprint density at radius 2 is 1.35 bits per heavy atom. The standard InChI is InChI=1S/C17H33N3/c1-2-5-17(6-3-1)7-12-20(13-8-17)16-15-19-11-4-9-18-10-14-19/h18H,1-16H2. The highest BCUT2D eigenvalue weighted by Gasteiger charge is 2.35. The van der Waals surface area contributed by atoms with Crippen molar-refractivity contribution in [1.29, 1.82) is 0 Å². The summed E-state index contributed by atoms with van der Waals surface area (Å²) >= 11 is 0. The maximum absolute atomic E-state index is 3.50. The Balaban J connectivity index is 1.37. The van der Waals surface area contributed by atoms with Crippen LogP contribution >= 0.6 is 0 Å². The monoisotopic (exact) mass is 279 g/mol. The topological polar surface area (TPSA) is 18.5 Å². The van der Waals surface area contributed by atoms with E-state index in [9.17, 15) is 0 Å². The van der Waals surface area contributed by atoms with Gasteiger partial charge in [-0.05, 0) is 63.7 Å². The van der Waals surface area contributed by atoms with Crippen molar-refractivity contribution in [3.8, 4) is 0 Å². The maximum atomic E-state index is 3.50. The summed E-state index contributed by atoms with van der Waals surface area (Å²) in [6, 6.07) is 0. The van der Waals surface area contributed by atoms with Gasteiger partial charge < -0.3 is 15.1 Å². The van der Waals surface area contributed by atoms with Gasteiger partial charge in [-0.25, -0.2) is 0 Å². The zero-order chi connectivity index (χ0) is 13.7. The van der Waals surface area contributed by atoms with E-state index in [1.807, 2.05) is 0 Å². The summed E-state index contributed by atoms with van der Waals surface area (Å²) in [5.74, 6) is 0. The third-order valence-electron chi connectivity index (χ3n) is 6.00. The minimum atomic E-state index is 0.765. The minimum Gasteiger partial charge on any atom is -0.315 e. The molecule has 116 valence electrons. The van der Waals surface area contributed by atoms with Crippen LogP contribution in [0.2, 0.25) is 0 Å². The summed E-state index contributed by atoms with van der Waals surface area (Å²) in [6.07, 6.45) is 11.8. The van der Waals surface area contributed by atoms with Crippen molar-refractivity contribution in [2.45, 2.75) is 51.4 Å². The normalized spacial score (nSPS) is 29.4. The van der Waals surface area contributed by atoms with E-state index in [2.05, 4.69) is 15.1 Å². The van der Waals surface area contributed by atoms with Gasteiger partial charge in [-0.1, -0.05) is 19.3 Å². The molecule has 0 aromatic rings. The number of rotatable bonds is 3. The van der Waals surface area contributed by atoms with Crippen LogP contribution in [0.25, 0.3) is 0 Å². The van der Waals surface area contributed by atoms with Gasteiger partial charge in [0.2, 0.25) is 0 Å². The fourth-order valence-corrected chi connectivity index (χ4v) is 4.46. The summed E-state index contributed by atoms with van der Waals surface area (Å²) in [5.41, 5.74) is 0.765. The van der Waals surface area contributed by atoms with Crippen molar-refractivity contribution in [3.63, 3.8) is 0 Å². The number of hydrogen-bond donors (Lipinski definition) is 1. The third-order valence-corrected chi connectivity index (χ3v) is 6.00. The molecular weight excluding hydrogens is 246 g/mol. The average Bonchev–Trinajstić information content (AvgIpc) is 2.76. The first-order valence-electron chi connectivity index (χ1n) is 9.02. The molecule has 2 saturated heterocycles. The van der Waals surface area contributed by atoms with E-state index in [-0.39, 0.29) is 0 Å². The first-order chi connectivity index (χ1) is 9.86. The molecular formula is C17H33N3. The lowest BCUT2D eigenvalue weighted by atomic mass is 9.68. The zero-order valence-electron chi connectivity index (χ0n) is 13.2. The Kier molecular flexibility index (Phi) is 5.36. The van der Waals surface area contributed by atoms with Crippen LogP contribution in [0.15, 0.2) is 0 Å². The van der Waals surface area contributed by atoms with Crippen LogP contribution in [-0.2, 0) is 0 Å². The van der Waals surface area contributed by atoms with Crippen LogP contribution in [0.4, 0.5) is 0 Å². The first kappa shape index (κ1) is 14.8. The van der Waals surface area contributed by atoms with E-state index in [1.54, 1.807) is 0 Å². The summed E-state index contributed by atoms with van der Waals surface area (Å²) in [4.78, 5) is 5.39. The summed E-state index contributed by atoms with van der Waals surface area (Å²) < 4.78 is 0. The van der Waals surface area contributed by atoms with Gasteiger partial charge in [0.25, 0.3) is 0 Å². The molecule has 0 aromatic heterocycles. The molecule has 3 aliphatic rings. The van der Waals surface area contributed by atoms with Crippen LogP contribution < -0.4 is 5.32 Å². The molecule has 3 nitrogen and oxygen atoms in total. The Bertz CT molecular complexity index is 268. The molecule has 2 heterocycles. The second-order valence-electron chi connectivity index (χ2n) is 7.35. The molecule has 3 fully saturated rings. The Morgan fingerprint density at radius 3 is 2.10 bits per heavy atom. The van der Waals surface area contributed by atoms with Crippen molar-refractivity contribution in [3.05, 3.63) is 0 Å². The number of hydrogen-bond acceptors (Lipinski definition) is 3. The molecule has 3 heteroatoms. The number of piperidine rings is 1. The molecule has 0 aromatic carbocycles. The Hall–Kier alpha value is -0.120. The smallest absolute Gasteiger partial charge is 0.0110 e. The van der Waals surface area contributed by atoms with Crippen LogP contribution in [0.5, 0.6) is 0 Å². The maximum Gasteiger partial charge on any atom is 0.0110 e. The Morgan fingerprint density at radius 1 is 0.650 bits per heavy atom. The van der Waals surface area contributed by atoms with Crippen molar-refractivity contribution >= 4 is 0 Å².